The molecule has 0 fully saturated rings. The summed E-state index contributed by atoms with van der Waals surface area (Å²) >= 11 is 0. The van der Waals surface area contributed by atoms with Gasteiger partial charge in [0.15, 0.2) is 0 Å². The standard InChI is InChI=1S/C9H14N2O2/c1-4-7-6-11(3)8(10-7)9(12)13-5-2/h6H,4-5H2,1-3H3. The molecule has 0 saturated carbocycles. The Bertz CT molecular complexity index is 305. The van der Waals surface area contributed by atoms with Gasteiger partial charge in [0.25, 0.3) is 0 Å². The van der Waals surface area contributed by atoms with Crippen LogP contribution in [0, 0.1) is 0 Å². The van der Waals surface area contributed by atoms with E-state index >= 15 is 0 Å². The lowest BCUT2D eigenvalue weighted by atomic mass is 10.4. The van der Waals surface area contributed by atoms with Gasteiger partial charge in [-0.05, 0) is 13.3 Å². The van der Waals surface area contributed by atoms with E-state index in [2.05, 4.69) is 4.98 Å². The minimum Gasteiger partial charge on any atom is -0.460 e. The Morgan fingerprint density at radius 3 is 2.77 bits per heavy atom. The van der Waals surface area contributed by atoms with E-state index in [1.807, 2.05) is 13.1 Å². The summed E-state index contributed by atoms with van der Waals surface area (Å²) in [6.45, 7) is 4.16. The van der Waals surface area contributed by atoms with Crippen LogP contribution in [0.15, 0.2) is 6.20 Å². The Morgan fingerprint density at radius 1 is 1.62 bits per heavy atom. The van der Waals surface area contributed by atoms with Gasteiger partial charge in [-0.3, -0.25) is 0 Å². The van der Waals surface area contributed by atoms with Gasteiger partial charge >= 0.3 is 5.97 Å². The van der Waals surface area contributed by atoms with Gasteiger partial charge in [-0.2, -0.15) is 0 Å². The van der Waals surface area contributed by atoms with Crippen LogP contribution in [0.25, 0.3) is 0 Å². The summed E-state index contributed by atoms with van der Waals surface area (Å²) in [6.07, 6.45) is 2.67. The number of carbonyl (C=O) groups is 1. The number of esters is 1. The smallest absolute Gasteiger partial charge is 0.374 e. The zero-order valence-electron chi connectivity index (χ0n) is 8.20. The number of aryl methyl sites for hydroxylation is 2. The fraction of sp³-hybridized carbons (Fsp3) is 0.556. The molecular formula is C9H14N2O2. The number of hydrogen-bond acceptors (Lipinski definition) is 3. The molecule has 0 amide bonds. The van der Waals surface area contributed by atoms with Crippen LogP contribution in [0.1, 0.15) is 30.2 Å². The molecule has 1 aromatic rings. The van der Waals surface area contributed by atoms with Gasteiger partial charge in [-0.1, -0.05) is 6.92 Å². The number of imidazole rings is 1. The molecule has 0 atom stereocenters. The van der Waals surface area contributed by atoms with Crippen molar-refractivity contribution in [3.05, 3.63) is 17.7 Å². The second-order valence-electron chi connectivity index (χ2n) is 2.74. The molecule has 0 spiro atoms. The molecule has 0 aliphatic carbocycles. The molecule has 0 bridgehead atoms. The predicted octanol–water partition coefficient (Wildman–Crippen LogP) is 1.16. The second-order valence-corrected chi connectivity index (χ2v) is 2.74. The van der Waals surface area contributed by atoms with Crippen LogP contribution < -0.4 is 0 Å². The van der Waals surface area contributed by atoms with Crippen molar-refractivity contribution in [3.63, 3.8) is 0 Å². The molecule has 0 aliphatic heterocycles. The molecule has 4 nitrogen and oxygen atoms in total. The number of ether oxygens (including phenoxy) is 1. The van der Waals surface area contributed by atoms with E-state index in [1.54, 1.807) is 18.5 Å². The first-order valence-electron chi connectivity index (χ1n) is 4.38. The summed E-state index contributed by atoms with van der Waals surface area (Å²) in [7, 11) is 1.79. The molecule has 0 radical (unpaired) electrons. The zero-order valence-corrected chi connectivity index (χ0v) is 8.20. The molecular weight excluding hydrogens is 168 g/mol. The minimum atomic E-state index is -0.357. The quantitative estimate of drug-likeness (QED) is 0.659. The fourth-order valence-electron chi connectivity index (χ4n) is 1.08. The van der Waals surface area contributed by atoms with Gasteiger partial charge in [-0.25, -0.2) is 9.78 Å². The van der Waals surface area contributed by atoms with Crippen molar-refractivity contribution < 1.29 is 9.53 Å². The van der Waals surface area contributed by atoms with Crippen LogP contribution >= 0.6 is 0 Å². The van der Waals surface area contributed by atoms with Crippen molar-refractivity contribution in [2.75, 3.05) is 6.61 Å². The van der Waals surface area contributed by atoms with Gasteiger partial charge in [0.05, 0.1) is 12.3 Å². The van der Waals surface area contributed by atoms with Crippen molar-refractivity contribution in [2.24, 2.45) is 7.05 Å². The average Bonchev–Trinajstić information content (AvgIpc) is 2.47. The lowest BCUT2D eigenvalue weighted by molar-refractivity contribution is 0.0508. The van der Waals surface area contributed by atoms with Crippen LogP contribution in [0.4, 0.5) is 0 Å². The highest BCUT2D eigenvalue weighted by atomic mass is 16.5. The Hall–Kier alpha value is -1.32. The van der Waals surface area contributed by atoms with Crippen LogP contribution in [0.3, 0.4) is 0 Å². The van der Waals surface area contributed by atoms with Gasteiger partial charge in [0.1, 0.15) is 0 Å². The van der Waals surface area contributed by atoms with Crippen molar-refractivity contribution in [2.45, 2.75) is 20.3 Å². The maximum Gasteiger partial charge on any atom is 0.374 e. The summed E-state index contributed by atoms with van der Waals surface area (Å²) in [5.74, 6) is 0.0170. The first-order chi connectivity index (χ1) is 6.19. The van der Waals surface area contributed by atoms with E-state index in [0.717, 1.165) is 12.1 Å². The maximum atomic E-state index is 11.3. The molecule has 13 heavy (non-hydrogen) atoms. The molecule has 1 rings (SSSR count). The lowest BCUT2D eigenvalue weighted by Gasteiger charge is -1.99. The third-order valence-electron chi connectivity index (χ3n) is 1.75. The second kappa shape index (κ2) is 4.07. The highest BCUT2D eigenvalue weighted by molar-refractivity contribution is 5.85. The molecule has 0 aliphatic rings. The van der Waals surface area contributed by atoms with Crippen molar-refractivity contribution in [1.29, 1.82) is 0 Å². The Labute approximate surface area is 77.5 Å². The molecule has 0 N–H and O–H groups in total. The highest BCUT2D eigenvalue weighted by Crippen LogP contribution is 2.03. The molecule has 0 aromatic carbocycles. The van der Waals surface area contributed by atoms with Crippen molar-refractivity contribution in [1.82, 2.24) is 9.55 Å². The van der Waals surface area contributed by atoms with Crippen molar-refractivity contribution >= 4 is 5.97 Å². The minimum absolute atomic E-state index is 0.357. The number of aromatic nitrogens is 2. The third kappa shape index (κ3) is 2.08. The van der Waals surface area contributed by atoms with Crippen LogP contribution in [0.5, 0.6) is 0 Å². The van der Waals surface area contributed by atoms with Gasteiger partial charge in [0, 0.05) is 13.2 Å². The topological polar surface area (TPSA) is 44.1 Å². The summed E-state index contributed by atoms with van der Waals surface area (Å²) in [5.41, 5.74) is 0.908. The summed E-state index contributed by atoms with van der Waals surface area (Å²) in [5, 5.41) is 0. The first-order valence-corrected chi connectivity index (χ1v) is 4.38. The zero-order chi connectivity index (χ0) is 9.84. The van der Waals surface area contributed by atoms with E-state index in [1.165, 1.54) is 0 Å². The van der Waals surface area contributed by atoms with Crippen LogP contribution in [0.2, 0.25) is 0 Å². The average molecular weight is 182 g/mol. The summed E-state index contributed by atoms with van der Waals surface area (Å²) < 4.78 is 6.54. The Kier molecular flexibility index (Phi) is 3.06. The molecule has 0 unspecified atom stereocenters. The molecule has 1 aromatic heterocycles. The van der Waals surface area contributed by atoms with E-state index < -0.39 is 0 Å². The maximum absolute atomic E-state index is 11.3. The SMILES string of the molecule is CCOC(=O)c1nc(CC)cn1C. The van der Waals surface area contributed by atoms with Gasteiger partial charge < -0.3 is 9.30 Å². The number of hydrogen-bond donors (Lipinski definition) is 0. The normalized spacial score (nSPS) is 10.1. The van der Waals surface area contributed by atoms with E-state index in [4.69, 9.17) is 4.74 Å². The molecule has 1 heterocycles. The summed E-state index contributed by atoms with van der Waals surface area (Å²) in [6, 6.07) is 0. The van der Waals surface area contributed by atoms with Crippen molar-refractivity contribution in [3.8, 4) is 0 Å². The largest absolute Gasteiger partial charge is 0.460 e. The predicted molar refractivity (Wildman–Crippen MR) is 48.5 cm³/mol. The fourth-order valence-corrected chi connectivity index (χ4v) is 1.08. The van der Waals surface area contributed by atoms with Crippen LogP contribution in [-0.4, -0.2) is 22.1 Å². The lowest BCUT2D eigenvalue weighted by Crippen LogP contribution is -2.10. The highest BCUT2D eigenvalue weighted by Gasteiger charge is 2.13. The molecule has 4 heteroatoms. The molecule has 0 saturated heterocycles. The number of nitrogens with zero attached hydrogens (tertiary/aromatic N) is 2. The van der Waals surface area contributed by atoms with Gasteiger partial charge in [-0.15, -0.1) is 0 Å². The van der Waals surface area contributed by atoms with E-state index in [9.17, 15) is 4.79 Å². The van der Waals surface area contributed by atoms with E-state index in [0.29, 0.717) is 12.4 Å². The first kappa shape index (κ1) is 9.77. The van der Waals surface area contributed by atoms with Crippen LogP contribution in [-0.2, 0) is 18.2 Å². The monoisotopic (exact) mass is 182 g/mol. The number of rotatable bonds is 3. The van der Waals surface area contributed by atoms with E-state index in [-0.39, 0.29) is 5.97 Å². The Morgan fingerprint density at radius 2 is 2.31 bits per heavy atom. The molecule has 72 valence electrons. The number of carbonyl (C=O) groups excluding carboxylic acids is 1. The summed E-state index contributed by atoms with van der Waals surface area (Å²) in [4.78, 5) is 15.4. The third-order valence-corrected chi connectivity index (χ3v) is 1.75. The Balaban J connectivity index is 2.87. The van der Waals surface area contributed by atoms with Gasteiger partial charge in [0.2, 0.25) is 5.82 Å².